The Morgan fingerprint density at radius 3 is 2.00 bits per heavy atom. The number of fused-ring (bicyclic) bond motifs is 1. The molecule has 1 N–H and O–H groups in total. The van der Waals surface area contributed by atoms with Crippen LogP contribution in [0.25, 0.3) is 0 Å². The number of nitrogens with zero attached hydrogens (tertiary/aromatic N) is 2. The topological polar surface area (TPSA) is 52.7 Å². The third kappa shape index (κ3) is 4.20. The van der Waals surface area contributed by atoms with Crippen molar-refractivity contribution in [3.8, 4) is 0 Å². The van der Waals surface area contributed by atoms with Crippen LogP contribution in [0.2, 0.25) is 0 Å². The van der Waals surface area contributed by atoms with Crippen molar-refractivity contribution in [1.29, 1.82) is 0 Å². The van der Waals surface area contributed by atoms with E-state index < -0.39 is 58.5 Å². The van der Waals surface area contributed by atoms with E-state index in [1.807, 2.05) is 39.1 Å². The maximum absolute atomic E-state index is 14.0. The van der Waals surface area contributed by atoms with E-state index in [0.29, 0.717) is 17.8 Å². The second-order valence-electron chi connectivity index (χ2n) is 11.0. The molecule has 11 heteroatoms. The fraction of sp³-hybridized carbons (Fsp3) is 0.500. The van der Waals surface area contributed by atoms with Gasteiger partial charge in [-0.2, -0.15) is 26.3 Å². The third-order valence-corrected chi connectivity index (χ3v) is 8.78. The molecule has 2 amide bonds. The first kappa shape index (κ1) is 27.5. The number of amides is 2. The summed E-state index contributed by atoms with van der Waals surface area (Å²) in [5.41, 5.74) is -2.66. The summed E-state index contributed by atoms with van der Waals surface area (Å²) in [5.74, 6) is -1.90. The molecule has 2 unspecified atom stereocenters. The monoisotopic (exact) mass is 553 g/mol. The molecular formula is C28H29F6N3O2. The summed E-state index contributed by atoms with van der Waals surface area (Å²) < 4.78 is 80.7. The predicted octanol–water partition coefficient (Wildman–Crippen LogP) is 6.18. The number of carbonyl (C=O) groups excluding carboxylic acids is 2. The van der Waals surface area contributed by atoms with Gasteiger partial charge in [0.05, 0.1) is 23.1 Å². The van der Waals surface area contributed by atoms with Crippen molar-refractivity contribution >= 4 is 23.2 Å². The Kier molecular flexibility index (Phi) is 6.32. The Bertz CT molecular complexity index is 1280. The van der Waals surface area contributed by atoms with E-state index in [-0.39, 0.29) is 18.0 Å². The molecule has 4 atom stereocenters. The second-order valence-corrected chi connectivity index (χ2v) is 11.0. The molecule has 0 radical (unpaired) electrons. The molecule has 2 saturated carbocycles. The summed E-state index contributed by atoms with van der Waals surface area (Å²) in [5, 5.41) is 2.36. The van der Waals surface area contributed by atoms with Crippen LogP contribution in [-0.4, -0.2) is 41.9 Å². The van der Waals surface area contributed by atoms with Gasteiger partial charge in [-0.25, -0.2) is 0 Å². The van der Waals surface area contributed by atoms with E-state index >= 15 is 0 Å². The summed E-state index contributed by atoms with van der Waals surface area (Å²) >= 11 is 0. The number of benzene rings is 2. The van der Waals surface area contributed by atoms with E-state index in [9.17, 15) is 35.9 Å². The molecule has 5 nitrogen and oxygen atoms in total. The van der Waals surface area contributed by atoms with E-state index in [1.54, 1.807) is 11.8 Å². The number of aryl methyl sites for hydroxylation is 2. The van der Waals surface area contributed by atoms with Crippen LogP contribution in [0.1, 0.15) is 48.4 Å². The first-order valence-corrected chi connectivity index (χ1v) is 12.8. The zero-order valence-electron chi connectivity index (χ0n) is 21.9. The van der Waals surface area contributed by atoms with Gasteiger partial charge in [0.25, 0.3) is 0 Å². The van der Waals surface area contributed by atoms with Gasteiger partial charge in [0.15, 0.2) is 0 Å². The molecule has 2 aromatic rings. The fourth-order valence-corrected chi connectivity index (χ4v) is 6.53. The Morgan fingerprint density at radius 1 is 1.00 bits per heavy atom. The zero-order chi connectivity index (χ0) is 28.7. The van der Waals surface area contributed by atoms with E-state index in [2.05, 4.69) is 10.2 Å². The van der Waals surface area contributed by atoms with Gasteiger partial charge in [0.1, 0.15) is 5.41 Å². The summed E-state index contributed by atoms with van der Waals surface area (Å²) in [4.78, 5) is 31.3. The number of carbonyl (C=O) groups is 2. The van der Waals surface area contributed by atoms with Crippen LogP contribution in [-0.2, 0) is 21.9 Å². The number of para-hydroxylation sites is 1. The minimum Gasteiger partial charge on any atom is -0.325 e. The molecule has 1 aliphatic heterocycles. The number of rotatable bonds is 5. The van der Waals surface area contributed by atoms with Gasteiger partial charge >= 0.3 is 12.4 Å². The number of likely N-dealkylation sites (N-methyl/N-ethyl adjacent to an activating group) is 1. The lowest BCUT2D eigenvalue weighted by Crippen LogP contribution is -2.48. The number of hydrogen-bond acceptors (Lipinski definition) is 3. The zero-order valence-corrected chi connectivity index (χ0v) is 21.9. The van der Waals surface area contributed by atoms with Crippen LogP contribution in [0.5, 0.6) is 0 Å². The smallest absolute Gasteiger partial charge is 0.325 e. The summed E-state index contributed by atoms with van der Waals surface area (Å²) in [6.07, 6.45) is -7.27. The fourth-order valence-electron chi connectivity index (χ4n) is 6.53. The highest BCUT2D eigenvalue weighted by molar-refractivity contribution is 6.13. The normalized spacial score (nSPS) is 27.0. The van der Waals surface area contributed by atoms with Crippen LogP contribution < -0.4 is 10.2 Å². The first-order valence-electron chi connectivity index (χ1n) is 12.8. The first-order chi connectivity index (χ1) is 18.1. The van der Waals surface area contributed by atoms with Gasteiger partial charge in [0, 0.05) is 23.5 Å². The third-order valence-electron chi connectivity index (χ3n) is 8.78. The van der Waals surface area contributed by atoms with Crippen molar-refractivity contribution in [2.45, 2.75) is 70.5 Å². The van der Waals surface area contributed by atoms with E-state index in [1.165, 1.54) is 0 Å². The van der Waals surface area contributed by atoms with Crippen LogP contribution in [0.3, 0.4) is 0 Å². The maximum atomic E-state index is 14.0. The molecule has 39 heavy (non-hydrogen) atoms. The average molecular weight is 554 g/mol. The Hall–Kier alpha value is -3.08. The number of nitrogens with one attached hydrogen (secondary N) is 1. The SMILES string of the molecule is Cc1cccc(C)c1N1C(=O)[C@@H](C)[C@]2(C(=O)Nc3cc(C(F)(F)F)cc(C(F)(F)F)c3)C1C2N(C)C1CCC1. The number of anilines is 2. The average Bonchev–Trinajstić information content (AvgIpc) is 3.43. The van der Waals surface area contributed by atoms with Gasteiger partial charge in [-0.1, -0.05) is 31.5 Å². The van der Waals surface area contributed by atoms with Crippen LogP contribution in [0.15, 0.2) is 36.4 Å². The largest absolute Gasteiger partial charge is 0.416 e. The second kappa shape index (κ2) is 8.97. The molecule has 1 heterocycles. The quantitative estimate of drug-likeness (QED) is 0.450. The Labute approximate surface area is 222 Å². The molecule has 0 bridgehead atoms. The van der Waals surface area contributed by atoms with Crippen LogP contribution in [0.4, 0.5) is 37.7 Å². The lowest BCUT2D eigenvalue weighted by atomic mass is 9.87. The molecule has 2 aromatic carbocycles. The maximum Gasteiger partial charge on any atom is 0.416 e. The van der Waals surface area contributed by atoms with Crippen molar-refractivity contribution in [1.82, 2.24) is 4.90 Å². The number of hydrogen-bond donors (Lipinski definition) is 1. The number of alkyl halides is 6. The molecule has 0 aromatic heterocycles. The van der Waals surface area contributed by atoms with Crippen molar-refractivity contribution in [2.24, 2.45) is 11.3 Å². The molecule has 3 aliphatic rings. The highest BCUT2D eigenvalue weighted by Crippen LogP contribution is 2.65. The van der Waals surface area contributed by atoms with Crippen LogP contribution in [0, 0.1) is 25.2 Å². The standard InChI is InChI=1S/C28H29F6N3O2/c1-14-7-5-8-15(2)21(14)37-23-22(36(4)20-9-6-10-20)26(23,16(3)24(37)38)25(39)35-19-12-17(27(29,30)31)11-18(13-19)28(32,33)34/h5,7-8,11-13,16,20,22-23H,6,9-10H2,1-4H3,(H,35,39)/t16-,22?,23?,26-/m1/s1. The summed E-state index contributed by atoms with van der Waals surface area (Å²) in [7, 11) is 1.87. The summed E-state index contributed by atoms with van der Waals surface area (Å²) in [6.45, 7) is 5.33. The van der Waals surface area contributed by atoms with Crippen molar-refractivity contribution in [3.05, 3.63) is 58.7 Å². The van der Waals surface area contributed by atoms with Crippen molar-refractivity contribution < 1.29 is 35.9 Å². The summed E-state index contributed by atoms with van der Waals surface area (Å²) in [6, 6.07) is 5.70. The molecule has 3 fully saturated rings. The molecule has 0 spiro atoms. The van der Waals surface area contributed by atoms with Gasteiger partial charge < -0.3 is 10.2 Å². The molecule has 2 aliphatic carbocycles. The molecule has 1 saturated heterocycles. The highest BCUT2D eigenvalue weighted by Gasteiger charge is 2.82. The lowest BCUT2D eigenvalue weighted by Gasteiger charge is -2.38. The van der Waals surface area contributed by atoms with Crippen molar-refractivity contribution in [3.63, 3.8) is 0 Å². The Morgan fingerprint density at radius 2 is 1.54 bits per heavy atom. The minimum absolute atomic E-state index is 0.0193. The Balaban J connectivity index is 1.57. The predicted molar refractivity (Wildman–Crippen MR) is 133 cm³/mol. The lowest BCUT2D eigenvalue weighted by molar-refractivity contribution is -0.143. The van der Waals surface area contributed by atoms with Gasteiger partial charge in [-0.05, 0) is 63.1 Å². The molecule has 5 rings (SSSR count). The van der Waals surface area contributed by atoms with E-state index in [4.69, 9.17) is 0 Å². The minimum atomic E-state index is -5.05. The van der Waals surface area contributed by atoms with E-state index in [0.717, 1.165) is 30.4 Å². The number of halogens is 6. The van der Waals surface area contributed by atoms with Crippen molar-refractivity contribution in [2.75, 3.05) is 17.3 Å². The number of piperidine rings is 1. The van der Waals surface area contributed by atoms with Gasteiger partial charge in [-0.15, -0.1) is 0 Å². The molecular weight excluding hydrogens is 524 g/mol. The van der Waals surface area contributed by atoms with Crippen LogP contribution >= 0.6 is 0 Å². The molecule has 210 valence electrons. The van der Waals surface area contributed by atoms with Gasteiger partial charge in [-0.3, -0.25) is 14.5 Å². The van der Waals surface area contributed by atoms with Gasteiger partial charge in [0.2, 0.25) is 11.8 Å². The highest BCUT2D eigenvalue weighted by atomic mass is 19.4.